The van der Waals surface area contributed by atoms with E-state index in [4.69, 9.17) is 0 Å². The van der Waals surface area contributed by atoms with Gasteiger partial charge in [0.1, 0.15) is 6.23 Å². The van der Waals surface area contributed by atoms with Crippen LogP contribution in [0.1, 0.15) is 59.3 Å². The van der Waals surface area contributed by atoms with Gasteiger partial charge >= 0.3 is 0 Å². The second-order valence-electron chi connectivity index (χ2n) is 5.57. The molecule has 1 aliphatic carbocycles. The van der Waals surface area contributed by atoms with E-state index in [0.29, 0.717) is 12.0 Å². The Morgan fingerprint density at radius 1 is 1.25 bits per heavy atom. The minimum atomic E-state index is -0.319. The summed E-state index contributed by atoms with van der Waals surface area (Å²) < 4.78 is 0. The Bertz CT molecular complexity index is 193. The van der Waals surface area contributed by atoms with Gasteiger partial charge in [-0.05, 0) is 38.6 Å². The molecule has 2 heteroatoms. The van der Waals surface area contributed by atoms with Crippen molar-refractivity contribution in [3.63, 3.8) is 0 Å². The molecule has 0 aliphatic heterocycles. The molecule has 1 saturated carbocycles. The molecule has 96 valence electrons. The largest absolute Gasteiger partial charge is 0.379 e. The summed E-state index contributed by atoms with van der Waals surface area (Å²) in [6, 6.07) is 0.560. The van der Waals surface area contributed by atoms with Gasteiger partial charge in [-0.2, -0.15) is 0 Å². The Morgan fingerprint density at radius 2 is 1.88 bits per heavy atom. The van der Waals surface area contributed by atoms with E-state index in [1.54, 1.807) is 0 Å². The van der Waals surface area contributed by atoms with Crippen LogP contribution in [0.5, 0.6) is 0 Å². The highest BCUT2D eigenvalue weighted by Gasteiger charge is 2.31. The fraction of sp³-hybridized carbons (Fsp3) is 1.00. The Labute approximate surface area is 101 Å². The Morgan fingerprint density at radius 3 is 2.44 bits per heavy atom. The van der Waals surface area contributed by atoms with Crippen molar-refractivity contribution >= 4 is 0 Å². The summed E-state index contributed by atoms with van der Waals surface area (Å²) in [6.07, 6.45) is 7.71. The van der Waals surface area contributed by atoms with Gasteiger partial charge in [0.05, 0.1) is 0 Å². The molecular weight excluding hydrogens is 198 g/mol. The minimum Gasteiger partial charge on any atom is -0.379 e. The fourth-order valence-corrected chi connectivity index (χ4v) is 3.28. The van der Waals surface area contributed by atoms with E-state index in [2.05, 4.69) is 25.8 Å². The van der Waals surface area contributed by atoms with Crippen molar-refractivity contribution in [2.75, 3.05) is 7.05 Å². The second-order valence-corrected chi connectivity index (χ2v) is 5.57. The predicted octanol–water partition coefficient (Wildman–Crippen LogP) is 3.25. The van der Waals surface area contributed by atoms with Crippen LogP contribution in [0.3, 0.4) is 0 Å². The first kappa shape index (κ1) is 14.0. The fourth-order valence-electron chi connectivity index (χ4n) is 3.28. The van der Waals surface area contributed by atoms with Crippen molar-refractivity contribution in [2.45, 2.75) is 71.6 Å². The van der Waals surface area contributed by atoms with Gasteiger partial charge in [-0.1, -0.05) is 39.5 Å². The molecule has 0 saturated heterocycles. The highest BCUT2D eigenvalue weighted by Crippen LogP contribution is 2.32. The lowest BCUT2D eigenvalue weighted by atomic mass is 9.78. The Hall–Kier alpha value is -0.0800. The lowest BCUT2D eigenvalue weighted by Crippen LogP contribution is -2.47. The summed E-state index contributed by atoms with van der Waals surface area (Å²) in [5.74, 6) is 1.47. The number of aliphatic hydroxyl groups excluding tert-OH is 1. The second kappa shape index (κ2) is 6.61. The molecule has 0 aromatic heterocycles. The molecule has 2 nitrogen and oxygen atoms in total. The summed E-state index contributed by atoms with van der Waals surface area (Å²) in [6.45, 7) is 6.54. The summed E-state index contributed by atoms with van der Waals surface area (Å²) >= 11 is 0. The molecule has 1 rings (SSSR count). The molecular formula is C14H29NO. The van der Waals surface area contributed by atoms with Gasteiger partial charge < -0.3 is 5.11 Å². The Balaban J connectivity index is 2.75. The summed E-state index contributed by atoms with van der Waals surface area (Å²) in [5, 5.41) is 9.79. The van der Waals surface area contributed by atoms with Crippen molar-refractivity contribution in [1.29, 1.82) is 0 Å². The van der Waals surface area contributed by atoms with Crippen LogP contribution >= 0.6 is 0 Å². The van der Waals surface area contributed by atoms with Crippen LogP contribution in [0.4, 0.5) is 0 Å². The standard InChI is InChI=1S/C14H29NO/c1-5-13-10-8-6-7-9-11(2)14(13)15(4)12(3)16/h11-14,16H,5-10H2,1-4H3. The molecule has 16 heavy (non-hydrogen) atoms. The van der Waals surface area contributed by atoms with E-state index in [1.165, 1.54) is 38.5 Å². The van der Waals surface area contributed by atoms with E-state index < -0.39 is 0 Å². The van der Waals surface area contributed by atoms with Crippen LogP contribution in [0.25, 0.3) is 0 Å². The lowest BCUT2D eigenvalue weighted by Gasteiger charge is -2.41. The zero-order valence-electron chi connectivity index (χ0n) is 11.4. The molecule has 1 N–H and O–H groups in total. The topological polar surface area (TPSA) is 23.5 Å². The third-order valence-electron chi connectivity index (χ3n) is 4.38. The van der Waals surface area contributed by atoms with Crippen LogP contribution < -0.4 is 0 Å². The molecule has 4 unspecified atom stereocenters. The highest BCUT2D eigenvalue weighted by molar-refractivity contribution is 4.83. The number of aliphatic hydroxyl groups is 1. The third-order valence-corrected chi connectivity index (χ3v) is 4.38. The van der Waals surface area contributed by atoms with E-state index in [-0.39, 0.29) is 6.23 Å². The average molecular weight is 227 g/mol. The number of hydrogen-bond acceptors (Lipinski definition) is 2. The van der Waals surface area contributed by atoms with Gasteiger partial charge in [-0.25, -0.2) is 0 Å². The maximum atomic E-state index is 9.79. The number of nitrogens with zero attached hydrogens (tertiary/aromatic N) is 1. The smallest absolute Gasteiger partial charge is 0.104 e. The quantitative estimate of drug-likeness (QED) is 0.748. The summed E-state index contributed by atoms with van der Waals surface area (Å²) in [7, 11) is 2.08. The molecule has 0 aromatic rings. The zero-order valence-corrected chi connectivity index (χ0v) is 11.4. The van der Waals surface area contributed by atoms with Crippen LogP contribution in [0.15, 0.2) is 0 Å². The lowest BCUT2D eigenvalue weighted by molar-refractivity contribution is -0.0336. The molecule has 0 spiro atoms. The zero-order chi connectivity index (χ0) is 12.1. The van der Waals surface area contributed by atoms with Crippen molar-refractivity contribution in [3.05, 3.63) is 0 Å². The molecule has 0 aromatic carbocycles. The third kappa shape index (κ3) is 3.46. The maximum absolute atomic E-state index is 9.79. The van der Waals surface area contributed by atoms with Crippen LogP contribution in [0, 0.1) is 11.8 Å². The van der Waals surface area contributed by atoms with E-state index in [1.807, 2.05) is 6.92 Å². The monoisotopic (exact) mass is 227 g/mol. The molecule has 0 heterocycles. The first-order valence-electron chi connectivity index (χ1n) is 6.98. The molecule has 1 fully saturated rings. The van der Waals surface area contributed by atoms with Crippen molar-refractivity contribution in [3.8, 4) is 0 Å². The van der Waals surface area contributed by atoms with Crippen molar-refractivity contribution < 1.29 is 5.11 Å². The Kier molecular flexibility index (Phi) is 5.77. The number of hydrogen-bond donors (Lipinski definition) is 1. The molecule has 4 atom stereocenters. The minimum absolute atomic E-state index is 0.319. The average Bonchev–Trinajstić information content (AvgIpc) is 2.22. The summed E-state index contributed by atoms with van der Waals surface area (Å²) in [5.41, 5.74) is 0. The van der Waals surface area contributed by atoms with Gasteiger partial charge in [-0.15, -0.1) is 0 Å². The van der Waals surface area contributed by atoms with E-state index in [0.717, 1.165) is 5.92 Å². The highest BCUT2D eigenvalue weighted by atomic mass is 16.3. The molecule has 0 radical (unpaired) electrons. The normalized spacial score (nSPS) is 34.5. The van der Waals surface area contributed by atoms with E-state index >= 15 is 0 Å². The molecule has 0 bridgehead atoms. The predicted molar refractivity (Wildman–Crippen MR) is 69.3 cm³/mol. The van der Waals surface area contributed by atoms with Gasteiger partial charge in [0.2, 0.25) is 0 Å². The molecule has 1 aliphatic rings. The first-order chi connectivity index (χ1) is 7.57. The van der Waals surface area contributed by atoms with Gasteiger partial charge in [0, 0.05) is 6.04 Å². The van der Waals surface area contributed by atoms with Crippen LogP contribution in [-0.2, 0) is 0 Å². The maximum Gasteiger partial charge on any atom is 0.104 e. The van der Waals surface area contributed by atoms with Gasteiger partial charge in [-0.3, -0.25) is 4.90 Å². The van der Waals surface area contributed by atoms with Crippen LogP contribution in [0.2, 0.25) is 0 Å². The van der Waals surface area contributed by atoms with E-state index in [9.17, 15) is 5.11 Å². The summed E-state index contributed by atoms with van der Waals surface area (Å²) in [4.78, 5) is 2.18. The van der Waals surface area contributed by atoms with Gasteiger partial charge in [0.15, 0.2) is 0 Å². The first-order valence-corrected chi connectivity index (χ1v) is 6.98. The van der Waals surface area contributed by atoms with Gasteiger partial charge in [0.25, 0.3) is 0 Å². The van der Waals surface area contributed by atoms with Crippen molar-refractivity contribution in [1.82, 2.24) is 4.90 Å². The van der Waals surface area contributed by atoms with Crippen molar-refractivity contribution in [2.24, 2.45) is 11.8 Å². The number of rotatable bonds is 3. The van der Waals surface area contributed by atoms with Crippen LogP contribution in [-0.4, -0.2) is 29.3 Å². The SMILES string of the molecule is CCC1CCCCCC(C)C1N(C)C(C)O. The molecule has 0 amide bonds.